The van der Waals surface area contributed by atoms with Crippen molar-refractivity contribution in [1.82, 2.24) is 0 Å². The van der Waals surface area contributed by atoms with Crippen molar-refractivity contribution >= 4 is 0 Å². The van der Waals surface area contributed by atoms with Crippen molar-refractivity contribution in [1.29, 1.82) is 0 Å². The van der Waals surface area contributed by atoms with Crippen LogP contribution in [0.3, 0.4) is 0 Å². The van der Waals surface area contributed by atoms with Gasteiger partial charge in [-0.3, -0.25) is 0 Å². The highest BCUT2D eigenvalue weighted by molar-refractivity contribution is 4.30. The lowest BCUT2D eigenvalue weighted by molar-refractivity contribution is -0.382. The number of methoxy groups -OCH3 is 2. The lowest BCUT2D eigenvalue weighted by Gasteiger charge is -2.08. The molecular weight excluding hydrogens is 1260 g/mol. The Balaban J connectivity index is 3.08. The van der Waals surface area contributed by atoms with E-state index in [-0.39, 0.29) is 264 Å². The van der Waals surface area contributed by atoms with Crippen LogP contribution in [0.15, 0.2) is 0 Å². The van der Waals surface area contributed by atoms with E-state index in [2.05, 4.69) is 0 Å². The molecule has 0 saturated heterocycles. The number of hydrogen-bond donors (Lipinski definition) is 0. The van der Waals surface area contributed by atoms with Crippen LogP contribution in [0.5, 0.6) is 0 Å². The first kappa shape index (κ1) is 88.2. The summed E-state index contributed by atoms with van der Waals surface area (Å²) in [5, 5.41) is 0. The third-order valence-electron chi connectivity index (χ3n) is 7.49. The number of ether oxygens (including phenoxy) is 2. The fraction of sp³-hybridized carbons (Fsp3) is 1.00. The monoisotopic (exact) mass is 1350 g/mol. The molecule has 0 aliphatic heterocycles. The van der Waals surface area contributed by atoms with E-state index in [9.17, 15) is 0 Å². The lowest BCUT2D eigenvalue weighted by Crippen LogP contribution is -2.14. The number of rotatable bonds is 87. The Morgan fingerprint density at radius 1 is 0.0778 bits per heavy atom. The second-order valence-corrected chi connectivity index (χ2v) is 14.5. The number of hydrogen-bond acceptors (Lipinski definition) is 44. The predicted molar refractivity (Wildman–Crippen MR) is 274 cm³/mol. The van der Waals surface area contributed by atoms with Crippen LogP contribution < -0.4 is 0 Å². The van der Waals surface area contributed by atoms with Gasteiger partial charge in [-0.1, -0.05) is 0 Å². The molecule has 0 aromatic carbocycles. The van der Waals surface area contributed by atoms with E-state index in [0.29, 0.717) is 26.4 Å². The van der Waals surface area contributed by atoms with E-state index in [0.717, 1.165) is 0 Å². The summed E-state index contributed by atoms with van der Waals surface area (Å²) in [4.78, 5) is 205. The molecule has 44 nitrogen and oxygen atoms in total. The minimum atomic E-state index is 0.0861. The molecule has 0 atom stereocenters. The van der Waals surface area contributed by atoms with Crippen LogP contribution in [0.1, 0.15) is 0 Å². The zero-order valence-electron chi connectivity index (χ0n) is 51.1. The maximum Gasteiger partial charge on any atom is 0.109 e. The molecule has 0 amide bonds. The molecule has 0 heterocycles. The van der Waals surface area contributed by atoms with E-state index in [4.69, 9.17) is 215 Å². The Morgan fingerprint density at radius 2 is 0.122 bits per heavy atom. The van der Waals surface area contributed by atoms with Gasteiger partial charge in [0.05, 0.1) is 13.2 Å². The summed E-state index contributed by atoms with van der Waals surface area (Å²) >= 11 is 0. The minimum absolute atomic E-state index is 0.0861. The van der Waals surface area contributed by atoms with Crippen LogP contribution in [0.25, 0.3) is 0 Å². The van der Waals surface area contributed by atoms with Gasteiger partial charge in [-0.25, -0.2) is 205 Å². The first-order valence-electron chi connectivity index (χ1n) is 28.0. The summed E-state index contributed by atoms with van der Waals surface area (Å²) in [5.41, 5.74) is 0. The topological polar surface area (TPSA) is 406 Å². The molecule has 90 heavy (non-hydrogen) atoms. The fourth-order valence-electron chi connectivity index (χ4n) is 4.07. The molecule has 0 N–H and O–H groups in total. The van der Waals surface area contributed by atoms with E-state index >= 15 is 0 Å². The lowest BCUT2D eigenvalue weighted by atomic mass is 10.8. The molecule has 0 saturated carbocycles. The normalized spacial score (nSPS) is 11.8. The van der Waals surface area contributed by atoms with Gasteiger partial charge in [0.1, 0.15) is 277 Å². The van der Waals surface area contributed by atoms with Crippen molar-refractivity contribution in [3.8, 4) is 0 Å². The summed E-state index contributed by atoms with van der Waals surface area (Å²) in [6, 6.07) is 0. The van der Waals surface area contributed by atoms with Crippen LogP contribution in [0.2, 0.25) is 0 Å². The van der Waals surface area contributed by atoms with Crippen LogP contribution in [-0.2, 0) is 215 Å². The standard InChI is InChI=1S/C46H94O44/c1-47-3-5-49-51-7-9-53-55-11-13-57-59-15-17-61-63-19-21-65-67-23-25-69-71-27-29-73-75-31-33-77-79-35-37-81-83-39-41-85-87-43-45-89-90-46-44-88-86-42-40-84-82-38-36-80-78-34-32-76-74-30-28-72-70-26-24-68-66-22-20-64-62-18-16-60-58-14-12-56-54-10-8-52-50-6-4-48-2/h3-46H2,1-2H3. The molecule has 0 spiro atoms. The van der Waals surface area contributed by atoms with Gasteiger partial charge >= 0.3 is 0 Å². The summed E-state index contributed by atoms with van der Waals surface area (Å²) in [6.07, 6.45) is 0. The second kappa shape index (κ2) is 87.2. The van der Waals surface area contributed by atoms with E-state index in [1.54, 1.807) is 14.2 Å². The summed E-state index contributed by atoms with van der Waals surface area (Å²) in [7, 11) is 3.12. The fourth-order valence-corrected chi connectivity index (χ4v) is 4.07. The van der Waals surface area contributed by atoms with Gasteiger partial charge < -0.3 is 9.47 Å². The first-order chi connectivity index (χ1) is 44.9. The molecule has 0 fully saturated rings. The molecule has 44 heteroatoms. The quantitative estimate of drug-likeness (QED) is 0.0408. The zero-order chi connectivity index (χ0) is 64.2. The van der Waals surface area contributed by atoms with Gasteiger partial charge in [-0.15, -0.1) is 0 Å². The molecule has 0 radical (unpaired) electrons. The second-order valence-electron chi connectivity index (χ2n) is 14.5. The average molecular weight is 1350 g/mol. The Hall–Kier alpha value is -1.76. The van der Waals surface area contributed by atoms with E-state index in [1.165, 1.54) is 0 Å². The highest BCUT2D eigenvalue weighted by atomic mass is 17.3. The maximum atomic E-state index is 4.91. The van der Waals surface area contributed by atoms with Crippen molar-refractivity contribution < 1.29 is 215 Å². The van der Waals surface area contributed by atoms with Crippen molar-refractivity contribution in [3.63, 3.8) is 0 Å². The van der Waals surface area contributed by atoms with Gasteiger partial charge in [0.15, 0.2) is 0 Å². The van der Waals surface area contributed by atoms with Crippen LogP contribution >= 0.6 is 0 Å². The molecule has 0 unspecified atom stereocenters. The van der Waals surface area contributed by atoms with E-state index in [1.807, 2.05) is 0 Å². The Morgan fingerprint density at radius 3 is 0.167 bits per heavy atom. The largest absolute Gasteiger partial charge is 0.382 e. The summed E-state index contributed by atoms with van der Waals surface area (Å²) in [5.74, 6) is 0. The Kier molecular flexibility index (Phi) is 85.5. The van der Waals surface area contributed by atoms with Crippen molar-refractivity contribution in [2.75, 3.05) is 305 Å². The van der Waals surface area contributed by atoms with Crippen LogP contribution in [0.4, 0.5) is 0 Å². The van der Waals surface area contributed by atoms with E-state index < -0.39 is 0 Å². The molecule has 0 aromatic heterocycles. The van der Waals surface area contributed by atoms with Crippen LogP contribution in [-0.4, -0.2) is 305 Å². The Labute approximate surface area is 519 Å². The van der Waals surface area contributed by atoms with Gasteiger partial charge in [-0.2, -0.15) is 0 Å². The third kappa shape index (κ3) is 86.2. The zero-order valence-corrected chi connectivity index (χ0v) is 51.1. The summed E-state index contributed by atoms with van der Waals surface area (Å²) in [6.45, 7) is 5.94. The molecule has 0 aliphatic carbocycles. The molecule has 0 rings (SSSR count). The van der Waals surface area contributed by atoms with Crippen LogP contribution in [0, 0.1) is 0 Å². The highest BCUT2D eigenvalue weighted by Crippen LogP contribution is 1.95. The maximum absolute atomic E-state index is 4.91. The molecule has 0 bridgehead atoms. The minimum Gasteiger partial charge on any atom is -0.382 e. The predicted octanol–water partition coefficient (Wildman–Crippen LogP) is -0.809. The molecular formula is C46H94O44. The highest BCUT2D eigenvalue weighted by Gasteiger charge is 2.03. The third-order valence-corrected chi connectivity index (χ3v) is 7.49. The van der Waals surface area contributed by atoms with Crippen molar-refractivity contribution in [3.05, 3.63) is 0 Å². The Bertz CT molecular complexity index is 1140. The van der Waals surface area contributed by atoms with Crippen molar-refractivity contribution in [2.45, 2.75) is 0 Å². The SMILES string of the molecule is COCCOOCCOOCCOOCCOOCCOOCCOOCCOOCCOOCCOOCCOOCCOOCCOOCCOOCCOOCCOOCCOOCCOOCCOOCCOOCCOOCCOOCCOC. The molecule has 542 valence electrons. The van der Waals surface area contributed by atoms with Crippen molar-refractivity contribution in [2.24, 2.45) is 0 Å². The average Bonchev–Trinajstić information content (AvgIpc) is 3.55. The molecule has 0 aliphatic rings. The smallest absolute Gasteiger partial charge is 0.109 e. The van der Waals surface area contributed by atoms with Gasteiger partial charge in [0.25, 0.3) is 0 Å². The van der Waals surface area contributed by atoms with Gasteiger partial charge in [0.2, 0.25) is 0 Å². The summed E-state index contributed by atoms with van der Waals surface area (Å²) < 4.78 is 9.60. The molecule has 0 aromatic rings. The van der Waals surface area contributed by atoms with Gasteiger partial charge in [0, 0.05) is 14.2 Å². The van der Waals surface area contributed by atoms with Gasteiger partial charge in [-0.05, 0) is 0 Å². The first-order valence-corrected chi connectivity index (χ1v) is 28.0.